The molecule has 0 atom stereocenters. The van der Waals surface area contributed by atoms with Crippen LogP contribution in [0.1, 0.15) is 30.2 Å². The average molecular weight is 358 g/mol. The van der Waals surface area contributed by atoms with E-state index < -0.39 is 0 Å². The van der Waals surface area contributed by atoms with Crippen molar-refractivity contribution in [2.45, 2.75) is 25.2 Å². The third kappa shape index (κ3) is 4.32. The number of hydrogen-bond donors (Lipinski definition) is 1. The van der Waals surface area contributed by atoms with Crippen LogP contribution in [-0.4, -0.2) is 58.7 Å². The number of hydrogen-bond acceptors (Lipinski definition) is 7. The van der Waals surface area contributed by atoms with E-state index in [1.54, 1.807) is 0 Å². The lowest BCUT2D eigenvalue weighted by Crippen LogP contribution is -2.36. The van der Waals surface area contributed by atoms with Crippen molar-refractivity contribution >= 4 is 28.2 Å². The quantitative estimate of drug-likeness (QED) is 0.881. The lowest BCUT2D eigenvalue weighted by atomic mass is 10.3. The summed E-state index contributed by atoms with van der Waals surface area (Å²) >= 11 is 1.51. The van der Waals surface area contributed by atoms with Crippen molar-refractivity contribution in [1.82, 2.24) is 20.1 Å². The Balaban J connectivity index is 1.28. The molecule has 1 aliphatic heterocycles. The van der Waals surface area contributed by atoms with Crippen LogP contribution in [0.2, 0.25) is 0 Å². The SMILES string of the molecule is O=C(CN1CCCN(c2ccccn2)CC1)Nc1nnc(C2CC2)s1. The van der Waals surface area contributed by atoms with Gasteiger partial charge in [0.05, 0.1) is 6.54 Å². The Morgan fingerprint density at radius 3 is 2.92 bits per heavy atom. The second kappa shape index (κ2) is 7.45. The highest BCUT2D eigenvalue weighted by atomic mass is 32.1. The fourth-order valence-corrected chi connectivity index (χ4v) is 3.97. The van der Waals surface area contributed by atoms with Crippen molar-refractivity contribution in [3.05, 3.63) is 29.4 Å². The Kier molecular flexibility index (Phi) is 4.89. The van der Waals surface area contributed by atoms with Crippen LogP contribution in [0.3, 0.4) is 0 Å². The van der Waals surface area contributed by atoms with Crippen molar-refractivity contribution in [3.8, 4) is 0 Å². The van der Waals surface area contributed by atoms with E-state index >= 15 is 0 Å². The molecule has 8 heteroatoms. The van der Waals surface area contributed by atoms with E-state index in [0.29, 0.717) is 17.6 Å². The van der Waals surface area contributed by atoms with Crippen molar-refractivity contribution in [2.75, 3.05) is 42.9 Å². The predicted octanol–water partition coefficient (Wildman–Crippen LogP) is 1.96. The number of carbonyl (C=O) groups is 1. The third-order valence-corrected chi connectivity index (χ3v) is 5.54. The normalized spacial score (nSPS) is 18.8. The maximum atomic E-state index is 12.3. The fourth-order valence-electron chi connectivity index (χ4n) is 3.04. The first-order valence-corrected chi connectivity index (χ1v) is 9.61. The van der Waals surface area contributed by atoms with Gasteiger partial charge in [0, 0.05) is 38.3 Å². The van der Waals surface area contributed by atoms with Crippen LogP contribution in [0.4, 0.5) is 10.9 Å². The molecule has 2 aliphatic rings. The number of pyridine rings is 1. The van der Waals surface area contributed by atoms with Crippen molar-refractivity contribution in [3.63, 3.8) is 0 Å². The predicted molar refractivity (Wildman–Crippen MR) is 98.0 cm³/mol. The average Bonchev–Trinajstić information content (AvgIpc) is 3.41. The Bertz CT molecular complexity index is 717. The molecule has 1 saturated heterocycles. The van der Waals surface area contributed by atoms with Gasteiger partial charge in [-0.3, -0.25) is 15.0 Å². The monoisotopic (exact) mass is 358 g/mol. The molecule has 1 aliphatic carbocycles. The van der Waals surface area contributed by atoms with Crippen LogP contribution in [0.5, 0.6) is 0 Å². The molecule has 1 saturated carbocycles. The van der Waals surface area contributed by atoms with Gasteiger partial charge in [-0.1, -0.05) is 17.4 Å². The van der Waals surface area contributed by atoms with Gasteiger partial charge >= 0.3 is 0 Å². The first-order chi connectivity index (χ1) is 12.3. The molecule has 0 spiro atoms. The molecule has 2 aromatic rings. The maximum Gasteiger partial charge on any atom is 0.240 e. The molecular formula is C17H22N6OS. The largest absolute Gasteiger partial charge is 0.355 e. The molecule has 0 radical (unpaired) electrons. The zero-order chi connectivity index (χ0) is 17.1. The van der Waals surface area contributed by atoms with Gasteiger partial charge in [0.25, 0.3) is 0 Å². The number of nitrogens with zero attached hydrogens (tertiary/aromatic N) is 5. The number of rotatable bonds is 5. The van der Waals surface area contributed by atoms with E-state index in [1.807, 2.05) is 24.4 Å². The van der Waals surface area contributed by atoms with Crippen LogP contribution >= 0.6 is 11.3 Å². The van der Waals surface area contributed by atoms with Gasteiger partial charge in [0.2, 0.25) is 11.0 Å². The zero-order valence-corrected chi connectivity index (χ0v) is 14.9. The molecule has 7 nitrogen and oxygen atoms in total. The summed E-state index contributed by atoms with van der Waals surface area (Å²) in [5.74, 6) is 1.58. The molecule has 0 unspecified atom stereocenters. The van der Waals surface area contributed by atoms with E-state index in [2.05, 4.69) is 30.3 Å². The van der Waals surface area contributed by atoms with Gasteiger partial charge in [-0.05, 0) is 31.4 Å². The van der Waals surface area contributed by atoms with E-state index in [0.717, 1.165) is 43.4 Å². The summed E-state index contributed by atoms with van der Waals surface area (Å²) in [6, 6.07) is 5.98. The summed E-state index contributed by atoms with van der Waals surface area (Å²) in [5.41, 5.74) is 0. The van der Waals surface area contributed by atoms with Crippen LogP contribution in [0.15, 0.2) is 24.4 Å². The summed E-state index contributed by atoms with van der Waals surface area (Å²) in [6.45, 7) is 4.02. The molecular weight excluding hydrogens is 336 g/mol. The van der Waals surface area contributed by atoms with Crippen molar-refractivity contribution < 1.29 is 4.79 Å². The summed E-state index contributed by atoms with van der Waals surface area (Å²) in [7, 11) is 0. The Labute approximate surface area is 151 Å². The summed E-state index contributed by atoms with van der Waals surface area (Å²) < 4.78 is 0. The fraction of sp³-hybridized carbons (Fsp3) is 0.529. The zero-order valence-electron chi connectivity index (χ0n) is 14.1. The highest BCUT2D eigenvalue weighted by molar-refractivity contribution is 7.15. The molecule has 132 valence electrons. The van der Waals surface area contributed by atoms with Crippen molar-refractivity contribution in [2.24, 2.45) is 0 Å². The van der Waals surface area contributed by atoms with Gasteiger partial charge < -0.3 is 4.90 Å². The van der Waals surface area contributed by atoms with Gasteiger partial charge in [-0.2, -0.15) is 0 Å². The molecule has 4 rings (SSSR count). The summed E-state index contributed by atoms with van der Waals surface area (Å²) in [5, 5.41) is 12.8. The van der Waals surface area contributed by atoms with E-state index in [1.165, 1.54) is 24.2 Å². The van der Waals surface area contributed by atoms with Crippen LogP contribution in [0, 0.1) is 0 Å². The molecule has 1 N–H and O–H groups in total. The van der Waals surface area contributed by atoms with E-state index in [9.17, 15) is 4.79 Å². The van der Waals surface area contributed by atoms with Crippen LogP contribution in [-0.2, 0) is 4.79 Å². The summed E-state index contributed by atoms with van der Waals surface area (Å²) in [4.78, 5) is 21.2. The number of carbonyl (C=O) groups excluding carboxylic acids is 1. The topological polar surface area (TPSA) is 74.2 Å². The number of aromatic nitrogens is 3. The molecule has 1 amide bonds. The van der Waals surface area contributed by atoms with Crippen molar-refractivity contribution in [1.29, 1.82) is 0 Å². The minimum atomic E-state index is -0.00946. The third-order valence-electron chi connectivity index (χ3n) is 4.54. The van der Waals surface area contributed by atoms with E-state index in [4.69, 9.17) is 0 Å². The lowest BCUT2D eigenvalue weighted by Gasteiger charge is -2.22. The molecule has 0 aromatic carbocycles. The number of nitrogens with one attached hydrogen (secondary N) is 1. The highest BCUT2D eigenvalue weighted by Gasteiger charge is 2.28. The Morgan fingerprint density at radius 1 is 1.20 bits per heavy atom. The molecule has 25 heavy (non-hydrogen) atoms. The number of anilines is 2. The van der Waals surface area contributed by atoms with E-state index in [-0.39, 0.29) is 5.91 Å². The first-order valence-electron chi connectivity index (χ1n) is 8.79. The smallest absolute Gasteiger partial charge is 0.240 e. The van der Waals surface area contributed by atoms with Crippen LogP contribution < -0.4 is 10.2 Å². The van der Waals surface area contributed by atoms with Gasteiger partial charge in [0.1, 0.15) is 10.8 Å². The van der Waals surface area contributed by atoms with Gasteiger partial charge in [-0.25, -0.2) is 4.98 Å². The second-order valence-electron chi connectivity index (χ2n) is 6.57. The first kappa shape index (κ1) is 16.4. The second-order valence-corrected chi connectivity index (χ2v) is 7.58. The Hall–Kier alpha value is -2.06. The molecule has 2 aromatic heterocycles. The van der Waals surface area contributed by atoms with Gasteiger partial charge in [0.15, 0.2) is 0 Å². The molecule has 0 bridgehead atoms. The lowest BCUT2D eigenvalue weighted by molar-refractivity contribution is -0.117. The minimum absolute atomic E-state index is 0.00946. The molecule has 3 heterocycles. The standard InChI is InChI=1S/C17H22N6OS/c24-15(19-17-21-20-16(25-17)13-5-6-13)12-22-8-3-9-23(11-10-22)14-4-1-2-7-18-14/h1-2,4,7,13H,3,5-6,8-12H2,(H,19,21,24). The molecule has 2 fully saturated rings. The maximum absolute atomic E-state index is 12.3. The number of amides is 1. The Morgan fingerprint density at radius 2 is 2.12 bits per heavy atom. The summed E-state index contributed by atoms with van der Waals surface area (Å²) in [6.07, 6.45) is 5.24. The van der Waals surface area contributed by atoms with Gasteiger partial charge in [-0.15, -0.1) is 10.2 Å². The van der Waals surface area contributed by atoms with Crippen LogP contribution in [0.25, 0.3) is 0 Å². The highest BCUT2D eigenvalue weighted by Crippen LogP contribution is 2.42. The minimum Gasteiger partial charge on any atom is -0.355 e.